The molecule has 2 aliphatic heterocycles. The number of rotatable bonds is 8. The molecule has 0 saturated carbocycles. The highest BCUT2D eigenvalue weighted by atomic mass is 16.5. The fraction of sp³-hybridized carbons (Fsp3) is 0.529. The molecule has 8 nitrogen and oxygen atoms in total. The molecule has 3 rings (SSSR count). The summed E-state index contributed by atoms with van der Waals surface area (Å²) in [6.45, 7) is 3.51. The number of benzene rings is 1. The van der Waals surface area contributed by atoms with E-state index in [1.165, 1.54) is 0 Å². The zero-order valence-electron chi connectivity index (χ0n) is 14.4. The number of ether oxygens (including phenoxy) is 2. The zero-order chi connectivity index (χ0) is 18.8. The van der Waals surface area contributed by atoms with Crippen LogP contribution in [0.5, 0.6) is 11.5 Å². The van der Waals surface area contributed by atoms with E-state index in [-0.39, 0.29) is 23.3 Å². The number of aliphatic carboxylic acids is 1. The molecule has 0 amide bonds. The Morgan fingerprint density at radius 2 is 2.12 bits per heavy atom. The standard InChI is InChI=1S/C17H21BNO7/c1-9(16(20)21)5-19-6-11(7-19)26-13-3-2-12-10(4-18-24)8-25-15(12)14(13)17(22)23/h2-3,9-11,24H,4-8H2,1H3,(H,20,21)(H,22,23)/t9?,10-/m1/s1. The summed E-state index contributed by atoms with van der Waals surface area (Å²) in [5.74, 6) is -1.94. The second-order valence-electron chi connectivity index (χ2n) is 6.79. The number of likely N-dealkylation sites (tertiary alicyclic amines) is 1. The number of carbonyl (C=O) groups is 2. The molecule has 1 radical (unpaired) electrons. The first-order chi connectivity index (χ1) is 12.4. The molecule has 2 atom stereocenters. The summed E-state index contributed by atoms with van der Waals surface area (Å²) >= 11 is 0. The van der Waals surface area contributed by atoms with Crippen molar-refractivity contribution < 1.29 is 34.3 Å². The van der Waals surface area contributed by atoms with Crippen LogP contribution in [0.3, 0.4) is 0 Å². The number of hydrogen-bond acceptors (Lipinski definition) is 6. The zero-order valence-corrected chi connectivity index (χ0v) is 14.4. The van der Waals surface area contributed by atoms with Gasteiger partial charge in [-0.25, -0.2) is 4.79 Å². The molecule has 9 heteroatoms. The number of nitrogens with zero attached hydrogens (tertiary/aromatic N) is 1. The SMILES string of the molecule is CC(CN1CC(Oc2ccc3c(c2C(=O)O)OC[C@H]3C[B]O)C1)C(=O)O. The van der Waals surface area contributed by atoms with Gasteiger partial charge >= 0.3 is 11.9 Å². The van der Waals surface area contributed by atoms with Gasteiger partial charge in [0.2, 0.25) is 0 Å². The minimum atomic E-state index is -1.12. The van der Waals surface area contributed by atoms with E-state index in [0.29, 0.717) is 38.3 Å². The molecule has 1 aromatic carbocycles. The van der Waals surface area contributed by atoms with E-state index in [0.717, 1.165) is 13.0 Å². The summed E-state index contributed by atoms with van der Waals surface area (Å²) in [5, 5.41) is 27.5. The maximum absolute atomic E-state index is 11.7. The van der Waals surface area contributed by atoms with E-state index in [2.05, 4.69) is 0 Å². The van der Waals surface area contributed by atoms with Crippen molar-refractivity contribution in [2.24, 2.45) is 5.92 Å². The lowest BCUT2D eigenvalue weighted by molar-refractivity contribution is -0.142. The molecule has 2 aliphatic rings. The molecule has 0 aromatic heterocycles. The second-order valence-corrected chi connectivity index (χ2v) is 6.79. The van der Waals surface area contributed by atoms with E-state index in [1.807, 2.05) is 4.90 Å². The van der Waals surface area contributed by atoms with Crippen molar-refractivity contribution >= 4 is 19.4 Å². The highest BCUT2D eigenvalue weighted by Gasteiger charge is 2.35. The summed E-state index contributed by atoms with van der Waals surface area (Å²) in [5.41, 5.74) is 0.755. The Bertz CT molecular complexity index is 705. The maximum atomic E-state index is 11.7. The molecule has 3 N–H and O–H groups in total. The van der Waals surface area contributed by atoms with Gasteiger partial charge in [-0.3, -0.25) is 9.69 Å². The topological polar surface area (TPSA) is 117 Å². The maximum Gasteiger partial charge on any atom is 0.343 e. The molecule has 1 fully saturated rings. The van der Waals surface area contributed by atoms with Crippen LogP contribution in [0, 0.1) is 5.92 Å². The van der Waals surface area contributed by atoms with E-state index >= 15 is 0 Å². The van der Waals surface area contributed by atoms with Crippen molar-refractivity contribution in [3.05, 3.63) is 23.3 Å². The molecule has 2 heterocycles. The molecule has 1 aromatic rings. The summed E-state index contributed by atoms with van der Waals surface area (Å²) in [4.78, 5) is 24.6. The van der Waals surface area contributed by atoms with Gasteiger partial charge in [-0.1, -0.05) is 13.0 Å². The van der Waals surface area contributed by atoms with Gasteiger partial charge in [0, 0.05) is 31.1 Å². The predicted molar refractivity (Wildman–Crippen MR) is 92.1 cm³/mol. The van der Waals surface area contributed by atoms with Crippen LogP contribution in [0.15, 0.2) is 12.1 Å². The Morgan fingerprint density at radius 1 is 1.38 bits per heavy atom. The summed E-state index contributed by atoms with van der Waals surface area (Å²) < 4.78 is 11.4. The second kappa shape index (κ2) is 7.55. The molecule has 0 bridgehead atoms. The predicted octanol–water partition coefficient (Wildman–Crippen LogP) is 0.674. The third kappa shape index (κ3) is 3.63. The highest BCUT2D eigenvalue weighted by molar-refractivity contribution is 6.25. The Morgan fingerprint density at radius 3 is 2.73 bits per heavy atom. The van der Waals surface area contributed by atoms with Gasteiger partial charge in [-0.2, -0.15) is 0 Å². The van der Waals surface area contributed by atoms with Crippen LogP contribution in [0.25, 0.3) is 0 Å². The van der Waals surface area contributed by atoms with Crippen LogP contribution >= 0.6 is 0 Å². The Hall–Kier alpha value is -2.26. The van der Waals surface area contributed by atoms with Gasteiger partial charge in [-0.15, -0.1) is 0 Å². The van der Waals surface area contributed by atoms with Gasteiger partial charge in [0.25, 0.3) is 7.48 Å². The molecule has 1 unspecified atom stereocenters. The average molecular weight is 362 g/mol. The minimum absolute atomic E-state index is 0.000272. The van der Waals surface area contributed by atoms with E-state index in [9.17, 15) is 14.7 Å². The molecular formula is C17H21BNO7. The molecule has 0 spiro atoms. The quantitative estimate of drug-likeness (QED) is 0.578. The summed E-state index contributed by atoms with van der Waals surface area (Å²) in [6.07, 6.45) is 0.209. The number of carboxylic acids is 2. The van der Waals surface area contributed by atoms with E-state index < -0.39 is 17.9 Å². The van der Waals surface area contributed by atoms with Crippen LogP contribution in [-0.4, -0.2) is 71.9 Å². The minimum Gasteiger partial charge on any atom is -0.492 e. The largest absolute Gasteiger partial charge is 0.492 e. The van der Waals surface area contributed by atoms with Crippen LogP contribution in [-0.2, 0) is 4.79 Å². The number of aromatic carboxylic acids is 1. The van der Waals surface area contributed by atoms with E-state index in [4.69, 9.17) is 19.6 Å². The lowest BCUT2D eigenvalue weighted by Crippen LogP contribution is -2.55. The normalized spacial score (nSPS) is 20.6. The fourth-order valence-corrected chi connectivity index (χ4v) is 3.35. The number of hydrogen-bond donors (Lipinski definition) is 3. The van der Waals surface area contributed by atoms with Crippen molar-refractivity contribution in [3.8, 4) is 11.5 Å². The fourth-order valence-electron chi connectivity index (χ4n) is 3.35. The van der Waals surface area contributed by atoms with Gasteiger partial charge in [0.15, 0.2) is 0 Å². The number of carboxylic acid groups (broad SMARTS) is 2. The van der Waals surface area contributed by atoms with Crippen LogP contribution in [0.1, 0.15) is 28.8 Å². The number of fused-ring (bicyclic) bond motifs is 1. The van der Waals surface area contributed by atoms with Crippen molar-refractivity contribution in [3.63, 3.8) is 0 Å². The van der Waals surface area contributed by atoms with Crippen LogP contribution in [0.2, 0.25) is 6.32 Å². The van der Waals surface area contributed by atoms with Crippen LogP contribution in [0.4, 0.5) is 0 Å². The van der Waals surface area contributed by atoms with Crippen molar-refractivity contribution in [1.82, 2.24) is 4.90 Å². The molecule has 0 aliphatic carbocycles. The highest BCUT2D eigenvalue weighted by Crippen LogP contribution is 2.43. The lowest BCUT2D eigenvalue weighted by atomic mass is 9.82. The van der Waals surface area contributed by atoms with Crippen LogP contribution < -0.4 is 9.47 Å². The third-order valence-electron chi connectivity index (χ3n) is 4.79. The molecule has 139 valence electrons. The Kier molecular flexibility index (Phi) is 5.38. The first kappa shape index (κ1) is 18.5. The molecular weight excluding hydrogens is 341 g/mol. The first-order valence-electron chi connectivity index (χ1n) is 8.51. The average Bonchev–Trinajstić information content (AvgIpc) is 2.95. The smallest absolute Gasteiger partial charge is 0.343 e. The monoisotopic (exact) mass is 362 g/mol. The lowest BCUT2D eigenvalue weighted by Gasteiger charge is -2.40. The third-order valence-corrected chi connectivity index (χ3v) is 4.79. The van der Waals surface area contributed by atoms with Gasteiger partial charge in [-0.05, 0) is 12.4 Å². The van der Waals surface area contributed by atoms with E-state index in [1.54, 1.807) is 19.1 Å². The van der Waals surface area contributed by atoms with Gasteiger partial charge in [0.1, 0.15) is 23.2 Å². The molecule has 1 saturated heterocycles. The summed E-state index contributed by atoms with van der Waals surface area (Å²) in [6, 6.07) is 3.41. The first-order valence-corrected chi connectivity index (χ1v) is 8.51. The summed E-state index contributed by atoms with van der Waals surface area (Å²) in [7, 11) is 1.05. The van der Waals surface area contributed by atoms with Gasteiger partial charge < -0.3 is 24.7 Å². The Balaban J connectivity index is 1.68. The van der Waals surface area contributed by atoms with Gasteiger partial charge in [0.05, 0.1) is 12.5 Å². The van der Waals surface area contributed by atoms with Crippen molar-refractivity contribution in [1.29, 1.82) is 0 Å². The van der Waals surface area contributed by atoms with Crippen molar-refractivity contribution in [2.75, 3.05) is 26.2 Å². The molecule has 26 heavy (non-hydrogen) atoms. The van der Waals surface area contributed by atoms with Crippen molar-refractivity contribution in [2.45, 2.75) is 25.3 Å². The Labute approximate surface area is 151 Å².